The molecule has 8 heteroatoms. The van der Waals surface area contributed by atoms with Gasteiger partial charge in [-0.15, -0.1) is 0 Å². The van der Waals surface area contributed by atoms with Crippen molar-refractivity contribution in [1.29, 1.82) is 5.26 Å². The number of sulfone groups is 1. The zero-order valence-corrected chi connectivity index (χ0v) is 15.5. The number of hydrogen-bond acceptors (Lipinski definition) is 6. The lowest BCUT2D eigenvalue weighted by Gasteiger charge is -2.27. The van der Waals surface area contributed by atoms with Gasteiger partial charge in [-0.25, -0.2) is 13.2 Å². The molecule has 1 atom stereocenters. The molecule has 1 rings (SSSR count). The summed E-state index contributed by atoms with van der Waals surface area (Å²) in [7, 11) is -3.15. The van der Waals surface area contributed by atoms with Gasteiger partial charge < -0.3 is 10.1 Å². The normalized spacial score (nSPS) is 13.6. The standard InChI is InChI=1S/C17H22N2O5S/c1-12(2)17(3,11-18)19-15(20)9-24-16(21)14-7-5-13(6-8-14)10-25(4,22)23/h5-8,12H,9-10H2,1-4H3,(H,19,20)/t17-/m0/s1. The third-order valence-corrected chi connectivity index (χ3v) is 4.60. The minimum atomic E-state index is -3.15. The molecule has 0 aromatic heterocycles. The maximum absolute atomic E-state index is 11.9. The van der Waals surface area contributed by atoms with Crippen LogP contribution in [0.1, 0.15) is 36.7 Å². The summed E-state index contributed by atoms with van der Waals surface area (Å²) in [6.07, 6.45) is 1.12. The van der Waals surface area contributed by atoms with Crippen molar-refractivity contribution in [3.63, 3.8) is 0 Å². The van der Waals surface area contributed by atoms with Crippen LogP contribution in [0.25, 0.3) is 0 Å². The molecule has 1 N–H and O–H groups in total. The summed E-state index contributed by atoms with van der Waals surface area (Å²) in [4.78, 5) is 23.8. The molecule has 0 unspecified atom stereocenters. The van der Waals surface area contributed by atoms with E-state index >= 15 is 0 Å². The van der Waals surface area contributed by atoms with Gasteiger partial charge in [-0.2, -0.15) is 5.26 Å². The van der Waals surface area contributed by atoms with Gasteiger partial charge in [-0.05, 0) is 30.5 Å². The lowest BCUT2D eigenvalue weighted by Crippen LogP contribution is -2.50. The van der Waals surface area contributed by atoms with Crippen molar-refractivity contribution < 1.29 is 22.7 Å². The number of esters is 1. The Morgan fingerprint density at radius 3 is 2.28 bits per heavy atom. The van der Waals surface area contributed by atoms with Crippen LogP contribution in [0.2, 0.25) is 0 Å². The average Bonchev–Trinajstić information content (AvgIpc) is 2.51. The van der Waals surface area contributed by atoms with Gasteiger partial charge in [0.2, 0.25) is 0 Å². The SMILES string of the molecule is CC(C)[C@](C)(C#N)NC(=O)COC(=O)c1ccc(CS(C)(=O)=O)cc1. The highest BCUT2D eigenvalue weighted by atomic mass is 32.2. The van der Waals surface area contributed by atoms with E-state index in [0.717, 1.165) is 6.26 Å². The highest BCUT2D eigenvalue weighted by molar-refractivity contribution is 7.89. The Hall–Kier alpha value is -2.40. The monoisotopic (exact) mass is 366 g/mol. The molecule has 25 heavy (non-hydrogen) atoms. The Morgan fingerprint density at radius 2 is 1.84 bits per heavy atom. The Labute approximate surface area is 147 Å². The number of nitrogens with zero attached hydrogens (tertiary/aromatic N) is 1. The number of benzene rings is 1. The van der Waals surface area contributed by atoms with Crippen molar-refractivity contribution in [3.8, 4) is 6.07 Å². The Bertz CT molecular complexity index is 778. The van der Waals surface area contributed by atoms with Crippen LogP contribution in [-0.2, 0) is 25.1 Å². The average molecular weight is 366 g/mol. The number of amides is 1. The Morgan fingerprint density at radius 1 is 1.28 bits per heavy atom. The molecule has 136 valence electrons. The number of nitriles is 1. The summed E-state index contributed by atoms with van der Waals surface area (Å²) >= 11 is 0. The zero-order valence-electron chi connectivity index (χ0n) is 14.7. The smallest absolute Gasteiger partial charge is 0.338 e. The Balaban J connectivity index is 2.62. The van der Waals surface area contributed by atoms with E-state index in [2.05, 4.69) is 5.32 Å². The molecule has 0 bridgehead atoms. The largest absolute Gasteiger partial charge is 0.452 e. The lowest BCUT2D eigenvalue weighted by atomic mass is 9.90. The minimum absolute atomic E-state index is 0.112. The van der Waals surface area contributed by atoms with E-state index < -0.39 is 33.9 Å². The van der Waals surface area contributed by atoms with Gasteiger partial charge in [-0.3, -0.25) is 4.79 Å². The third kappa shape index (κ3) is 6.55. The van der Waals surface area contributed by atoms with Crippen LogP contribution in [0.5, 0.6) is 0 Å². The van der Waals surface area contributed by atoms with E-state index in [1.807, 2.05) is 6.07 Å². The summed E-state index contributed by atoms with van der Waals surface area (Å²) in [5.74, 6) is -1.50. The lowest BCUT2D eigenvalue weighted by molar-refractivity contribution is -0.125. The van der Waals surface area contributed by atoms with Crippen LogP contribution in [0.15, 0.2) is 24.3 Å². The molecule has 1 aromatic rings. The molecule has 1 aromatic carbocycles. The van der Waals surface area contributed by atoms with E-state index in [-0.39, 0.29) is 17.2 Å². The molecule has 0 saturated heterocycles. The van der Waals surface area contributed by atoms with Gasteiger partial charge in [0.05, 0.1) is 17.4 Å². The van der Waals surface area contributed by atoms with Crippen molar-refractivity contribution in [2.45, 2.75) is 32.1 Å². The van der Waals surface area contributed by atoms with E-state index in [1.54, 1.807) is 20.8 Å². The summed E-state index contributed by atoms with van der Waals surface area (Å²) in [6.45, 7) is 4.69. The van der Waals surface area contributed by atoms with Crippen LogP contribution in [0, 0.1) is 17.2 Å². The fourth-order valence-corrected chi connectivity index (χ4v) is 2.68. The molecule has 7 nitrogen and oxygen atoms in total. The first-order valence-electron chi connectivity index (χ1n) is 7.63. The maximum Gasteiger partial charge on any atom is 0.338 e. The second kappa shape index (κ2) is 8.12. The molecule has 0 heterocycles. The first kappa shape index (κ1) is 20.6. The molecule has 0 fully saturated rings. The molecule has 0 saturated carbocycles. The first-order chi connectivity index (χ1) is 11.5. The second-order valence-corrected chi connectivity index (χ2v) is 8.50. The van der Waals surface area contributed by atoms with Crippen LogP contribution < -0.4 is 5.32 Å². The van der Waals surface area contributed by atoms with E-state index in [1.165, 1.54) is 24.3 Å². The molecule has 1 amide bonds. The number of rotatable bonds is 7. The number of carbonyl (C=O) groups excluding carboxylic acids is 2. The first-order valence-corrected chi connectivity index (χ1v) is 9.69. The van der Waals surface area contributed by atoms with Crippen LogP contribution in [0.4, 0.5) is 0 Å². The van der Waals surface area contributed by atoms with E-state index in [4.69, 9.17) is 10.00 Å². The second-order valence-electron chi connectivity index (χ2n) is 6.36. The number of carbonyl (C=O) groups is 2. The van der Waals surface area contributed by atoms with Crippen LogP contribution in [-0.4, -0.2) is 38.7 Å². The van der Waals surface area contributed by atoms with Gasteiger partial charge in [-0.1, -0.05) is 26.0 Å². The Kier molecular flexibility index (Phi) is 6.70. The minimum Gasteiger partial charge on any atom is -0.452 e. The molecular formula is C17H22N2O5S. The van der Waals surface area contributed by atoms with Crippen molar-refractivity contribution in [1.82, 2.24) is 5.32 Å². The van der Waals surface area contributed by atoms with Gasteiger partial charge in [0, 0.05) is 6.26 Å². The molecule has 0 aliphatic heterocycles. The fraction of sp³-hybridized carbons (Fsp3) is 0.471. The van der Waals surface area contributed by atoms with Crippen molar-refractivity contribution >= 4 is 21.7 Å². The van der Waals surface area contributed by atoms with Crippen molar-refractivity contribution in [2.75, 3.05) is 12.9 Å². The van der Waals surface area contributed by atoms with Crippen LogP contribution >= 0.6 is 0 Å². The highest BCUT2D eigenvalue weighted by Gasteiger charge is 2.30. The third-order valence-electron chi connectivity index (χ3n) is 3.74. The summed E-state index contributed by atoms with van der Waals surface area (Å²) in [6, 6.07) is 7.94. The number of hydrogen-bond donors (Lipinski definition) is 1. The van der Waals surface area contributed by atoms with E-state index in [0.29, 0.717) is 5.56 Å². The molecular weight excluding hydrogens is 344 g/mol. The highest BCUT2D eigenvalue weighted by Crippen LogP contribution is 2.15. The topological polar surface area (TPSA) is 113 Å². The summed E-state index contributed by atoms with van der Waals surface area (Å²) in [5.41, 5.74) is -0.285. The zero-order chi connectivity index (χ0) is 19.3. The predicted molar refractivity (Wildman–Crippen MR) is 92.3 cm³/mol. The van der Waals surface area contributed by atoms with Gasteiger partial charge >= 0.3 is 5.97 Å². The van der Waals surface area contributed by atoms with Gasteiger partial charge in [0.1, 0.15) is 5.54 Å². The van der Waals surface area contributed by atoms with E-state index in [9.17, 15) is 18.0 Å². The van der Waals surface area contributed by atoms with Crippen molar-refractivity contribution in [3.05, 3.63) is 35.4 Å². The molecule has 0 spiro atoms. The molecule has 0 aliphatic carbocycles. The predicted octanol–water partition coefficient (Wildman–Crippen LogP) is 1.44. The maximum atomic E-state index is 11.9. The summed E-state index contributed by atoms with van der Waals surface area (Å²) < 4.78 is 27.4. The molecule has 0 radical (unpaired) electrons. The fourth-order valence-electron chi connectivity index (χ4n) is 1.88. The van der Waals surface area contributed by atoms with Gasteiger partial charge in [0.25, 0.3) is 5.91 Å². The quantitative estimate of drug-likeness (QED) is 0.731. The number of nitrogens with one attached hydrogen (secondary N) is 1. The van der Waals surface area contributed by atoms with Gasteiger partial charge in [0.15, 0.2) is 16.4 Å². The summed E-state index contributed by atoms with van der Waals surface area (Å²) in [5, 5.41) is 11.7. The van der Waals surface area contributed by atoms with Crippen LogP contribution in [0.3, 0.4) is 0 Å². The molecule has 0 aliphatic rings. The van der Waals surface area contributed by atoms with Crippen molar-refractivity contribution in [2.24, 2.45) is 5.92 Å². The number of ether oxygens (including phenoxy) is 1.